The first kappa shape index (κ1) is 72.2. The Morgan fingerprint density at radius 2 is 0.628 bits per heavy atom. The summed E-state index contributed by atoms with van der Waals surface area (Å²) in [6.07, 6.45) is 39.0. The van der Waals surface area contributed by atoms with Gasteiger partial charge in [-0.2, -0.15) is 0 Å². The highest BCUT2D eigenvalue weighted by molar-refractivity contribution is 6.49. The van der Waals surface area contributed by atoms with Gasteiger partial charge in [-0.3, -0.25) is 19.2 Å². The normalized spacial score (nSPS) is 17.0. The number of para-hydroxylation sites is 5. The smallest absolute Gasteiger partial charge is 0.266 e. The molecule has 10 heteroatoms. The average molecular weight is 1490 g/mol. The van der Waals surface area contributed by atoms with Crippen molar-refractivity contribution < 1.29 is 38.1 Å². The molecule has 0 bridgehead atoms. The van der Waals surface area contributed by atoms with Crippen molar-refractivity contribution in [3.05, 3.63) is 257 Å². The lowest BCUT2D eigenvalue weighted by Gasteiger charge is -2.33. The van der Waals surface area contributed by atoms with E-state index < -0.39 is 11.8 Å². The third-order valence-corrected chi connectivity index (χ3v) is 26.4. The summed E-state index contributed by atoms with van der Waals surface area (Å²) >= 11 is 0. The third-order valence-electron chi connectivity index (χ3n) is 26.4. The number of fused-ring (bicyclic) bond motifs is 4. The Labute approximate surface area is 662 Å². The number of anilines is 2. The van der Waals surface area contributed by atoms with E-state index in [9.17, 15) is 0 Å². The highest BCUT2D eigenvalue weighted by Crippen LogP contribution is 2.58. The SMILES string of the molecule is C=C(/C=C\C=C/C)Oc1cc2c3c(cc(Oc4ccccc4)c4c5ccc6c7c(Oc8ccccc8)cc8c9c(cc(Oc%10ccccc%10)c(c%10ccc(c1c34)c5c%106)c97)C(=O)N(c1c(CCC3CCCCC3)cccc1CCC1CCCCC1)C8=O)C(=O)N(c1c(CCC3CCCCC3)cccc1CCC1CCCCC1)C2=O. The van der Waals surface area contributed by atoms with Crippen LogP contribution in [-0.2, 0) is 25.7 Å². The number of ether oxygens (including phenoxy) is 4. The molecule has 6 aliphatic rings. The standard InChI is InChI=1S/C103H98N2O8/c1-3-4-12-29-64(2)110-84-60-80-90-81(101(107)104(100(80)106)98-69(52-48-65-30-13-5-14-31-65)38-27-39-70(98)53-49-66-32-15-6-16-33-66)61-85(111-73-42-21-9-22-43-73)93-77-58-59-79-89-78(57-56-76(88(77)89)92(84)96(90)93)94-86(112-74-44-23-10-24-45-74)62-82-91-83(63-87(95(79)97(91)94)113-75-46-25-11-26-47-75)103(109)105(102(82)108)99-71(54-50-67-34-17-7-18-35-67)40-28-41-72(99)55-51-68-36-19-8-20-37-68/h3-4,9-12,21-29,38-47,56-63,65-68H,2,5-8,13-20,30-37,48-55H2,1H3/b4-3-,29-12-. The molecular weight excluding hydrogens is 1390 g/mol. The second-order valence-electron chi connectivity index (χ2n) is 33.4. The molecule has 0 spiro atoms. The number of hydrogen-bond donors (Lipinski definition) is 0. The Hall–Kier alpha value is -11.1. The molecule has 2 aliphatic heterocycles. The molecule has 2 heterocycles. The van der Waals surface area contributed by atoms with Gasteiger partial charge in [0.15, 0.2) is 0 Å². The van der Waals surface area contributed by atoms with E-state index in [1.165, 1.54) is 138 Å². The fourth-order valence-electron chi connectivity index (χ4n) is 20.9. The molecule has 10 nitrogen and oxygen atoms in total. The highest BCUT2D eigenvalue weighted by Gasteiger charge is 2.43. The van der Waals surface area contributed by atoms with Crippen molar-refractivity contribution in [1.29, 1.82) is 0 Å². The molecule has 4 amide bonds. The summed E-state index contributed by atoms with van der Waals surface area (Å²) in [6.45, 7) is 6.48. The van der Waals surface area contributed by atoms with E-state index in [1.54, 1.807) is 0 Å². The van der Waals surface area contributed by atoms with Gasteiger partial charge in [-0.25, -0.2) is 9.80 Å². The van der Waals surface area contributed by atoms with Crippen LogP contribution in [0.4, 0.5) is 11.4 Å². The lowest BCUT2D eigenvalue weighted by Crippen LogP contribution is -2.41. The van der Waals surface area contributed by atoms with Crippen LogP contribution < -0.4 is 28.7 Å². The van der Waals surface area contributed by atoms with E-state index in [4.69, 9.17) is 18.9 Å². The largest absolute Gasteiger partial charge is 0.457 e. The van der Waals surface area contributed by atoms with Gasteiger partial charge in [-0.15, -0.1) is 0 Å². The van der Waals surface area contributed by atoms with Crippen molar-refractivity contribution in [2.24, 2.45) is 23.7 Å². The van der Waals surface area contributed by atoms with Crippen LogP contribution in [0, 0.1) is 23.7 Å². The van der Waals surface area contributed by atoms with Gasteiger partial charge in [-0.1, -0.05) is 268 Å². The van der Waals surface area contributed by atoms with Gasteiger partial charge in [0.2, 0.25) is 0 Å². The Kier molecular flexibility index (Phi) is 19.9. The Morgan fingerprint density at radius 3 is 0.929 bits per heavy atom. The topological polar surface area (TPSA) is 112 Å². The van der Waals surface area contributed by atoms with E-state index >= 15 is 19.2 Å². The minimum Gasteiger partial charge on any atom is -0.457 e. The molecule has 13 aromatic rings. The Morgan fingerprint density at radius 1 is 0.336 bits per heavy atom. The van der Waals surface area contributed by atoms with Crippen LogP contribution in [0.1, 0.15) is 225 Å². The molecule has 0 N–H and O–H groups in total. The second-order valence-corrected chi connectivity index (χ2v) is 33.4. The number of rotatable bonds is 24. The molecule has 0 radical (unpaired) electrons. The quantitative estimate of drug-likeness (QED) is 0.0193. The van der Waals surface area contributed by atoms with Crippen LogP contribution in [0.25, 0.3) is 75.4 Å². The maximum atomic E-state index is 16.7. The Balaban J connectivity index is 0.872. The zero-order valence-corrected chi connectivity index (χ0v) is 65.0. The predicted octanol–water partition coefficient (Wildman–Crippen LogP) is 27.7. The molecule has 4 fully saturated rings. The number of carbonyl (C=O) groups is 4. The van der Waals surface area contributed by atoms with Gasteiger partial charge in [0.05, 0.1) is 33.6 Å². The summed E-state index contributed by atoms with van der Waals surface area (Å²) < 4.78 is 29.3. The van der Waals surface area contributed by atoms with E-state index in [0.29, 0.717) is 141 Å². The first-order valence-electron chi connectivity index (χ1n) is 42.4. The van der Waals surface area contributed by atoms with Crippen LogP contribution in [-0.4, -0.2) is 23.6 Å². The summed E-state index contributed by atoms with van der Waals surface area (Å²) in [4.78, 5) is 69.8. The number of imide groups is 2. The second kappa shape index (κ2) is 31.1. The number of hydrogen-bond acceptors (Lipinski definition) is 8. The predicted molar refractivity (Wildman–Crippen MR) is 459 cm³/mol. The zero-order valence-electron chi connectivity index (χ0n) is 65.0. The lowest BCUT2D eigenvalue weighted by atomic mass is 9.79. The summed E-state index contributed by atoms with van der Waals surface area (Å²) in [6, 6.07) is 58.2. The molecule has 0 unspecified atom stereocenters. The van der Waals surface area contributed by atoms with Crippen molar-refractivity contribution in [3.8, 4) is 40.2 Å². The molecule has 0 saturated heterocycles. The van der Waals surface area contributed by atoms with Crippen molar-refractivity contribution in [3.63, 3.8) is 0 Å². The average Bonchev–Trinajstić information content (AvgIpc) is 0.670. The molecule has 4 saturated carbocycles. The van der Waals surface area contributed by atoms with Crippen LogP contribution >= 0.6 is 0 Å². The molecule has 19 rings (SSSR count). The summed E-state index contributed by atoms with van der Waals surface area (Å²) in [7, 11) is 0. The van der Waals surface area contributed by atoms with Gasteiger partial charge in [-0.05, 0) is 203 Å². The van der Waals surface area contributed by atoms with E-state index in [1.807, 2.05) is 146 Å². The molecule has 113 heavy (non-hydrogen) atoms. The first-order valence-corrected chi connectivity index (χ1v) is 42.4. The number of amides is 4. The van der Waals surface area contributed by atoms with E-state index in [0.717, 1.165) is 112 Å². The molecular formula is C103H98N2O8. The fraction of sp³-hybridized carbons (Fsp3) is 0.320. The fourth-order valence-corrected chi connectivity index (χ4v) is 20.9. The number of allylic oxidation sites excluding steroid dienone is 4. The van der Waals surface area contributed by atoms with Crippen LogP contribution in [0.15, 0.2) is 213 Å². The molecule has 4 aliphatic carbocycles. The molecule has 13 aromatic carbocycles. The van der Waals surface area contributed by atoms with E-state index in [-0.39, 0.29) is 11.8 Å². The van der Waals surface area contributed by atoms with Crippen molar-refractivity contribution in [1.82, 2.24) is 0 Å². The molecule has 568 valence electrons. The highest BCUT2D eigenvalue weighted by atomic mass is 16.5. The van der Waals surface area contributed by atoms with Gasteiger partial charge in [0, 0.05) is 43.1 Å². The number of benzene rings is 13. The third kappa shape index (κ3) is 13.3. The molecule has 0 aromatic heterocycles. The summed E-state index contributed by atoms with van der Waals surface area (Å²) in [5, 5.41) is 10.0. The summed E-state index contributed by atoms with van der Waals surface area (Å²) in [5.74, 6) is 4.48. The van der Waals surface area contributed by atoms with Crippen molar-refractivity contribution in [2.45, 2.75) is 187 Å². The number of carbonyl (C=O) groups excluding carboxylic acids is 4. The lowest BCUT2D eigenvalue weighted by molar-refractivity contribution is 0.0877. The zero-order chi connectivity index (χ0) is 76.2. The van der Waals surface area contributed by atoms with Crippen LogP contribution in [0.3, 0.4) is 0 Å². The van der Waals surface area contributed by atoms with E-state index in [2.05, 4.69) is 67.2 Å². The molecule has 0 atom stereocenters. The maximum absolute atomic E-state index is 16.7. The maximum Gasteiger partial charge on any atom is 0.266 e. The van der Waals surface area contributed by atoms with Gasteiger partial charge >= 0.3 is 0 Å². The first-order chi connectivity index (χ1) is 55.6. The summed E-state index contributed by atoms with van der Waals surface area (Å²) in [5.41, 5.74) is 6.97. The van der Waals surface area contributed by atoms with Crippen molar-refractivity contribution >= 4 is 110 Å². The van der Waals surface area contributed by atoms with Gasteiger partial charge < -0.3 is 18.9 Å². The van der Waals surface area contributed by atoms with Crippen LogP contribution in [0.2, 0.25) is 0 Å². The van der Waals surface area contributed by atoms with Gasteiger partial charge in [0.25, 0.3) is 23.6 Å². The number of aryl methyl sites for hydroxylation is 4. The van der Waals surface area contributed by atoms with Gasteiger partial charge in [0.1, 0.15) is 46.0 Å². The monoisotopic (exact) mass is 1490 g/mol. The number of nitrogens with zero attached hydrogens (tertiary/aromatic N) is 2. The Bertz CT molecular complexity index is 5740. The minimum absolute atomic E-state index is 0.340. The van der Waals surface area contributed by atoms with Crippen molar-refractivity contribution in [2.75, 3.05) is 9.80 Å². The van der Waals surface area contributed by atoms with Crippen LogP contribution in [0.5, 0.6) is 40.2 Å². The minimum atomic E-state index is -0.403.